The minimum atomic E-state index is 0.604. The standard InChI is InChI=1S/C14H24N2/c1-5-16(12(2)3)11-14-9-7-6-8-13(14)10-15-4/h6-9,12,15H,5,10-11H2,1-4H3. The van der Waals surface area contributed by atoms with Crippen molar-refractivity contribution in [3.05, 3.63) is 35.4 Å². The molecule has 90 valence electrons. The van der Waals surface area contributed by atoms with E-state index in [4.69, 9.17) is 0 Å². The molecule has 0 amide bonds. The molecule has 2 heteroatoms. The van der Waals surface area contributed by atoms with Crippen LogP contribution >= 0.6 is 0 Å². The fourth-order valence-electron chi connectivity index (χ4n) is 1.95. The molecule has 1 aromatic carbocycles. The van der Waals surface area contributed by atoms with Crippen LogP contribution in [-0.2, 0) is 13.1 Å². The molecular formula is C14H24N2. The highest BCUT2D eigenvalue weighted by Crippen LogP contribution is 2.13. The van der Waals surface area contributed by atoms with E-state index in [1.165, 1.54) is 11.1 Å². The fraction of sp³-hybridized carbons (Fsp3) is 0.571. The number of nitrogens with zero attached hydrogens (tertiary/aromatic N) is 1. The maximum atomic E-state index is 3.23. The van der Waals surface area contributed by atoms with Gasteiger partial charge in [0.05, 0.1) is 0 Å². The first-order chi connectivity index (χ1) is 7.69. The summed E-state index contributed by atoms with van der Waals surface area (Å²) in [4.78, 5) is 2.48. The van der Waals surface area contributed by atoms with E-state index in [-0.39, 0.29) is 0 Å². The first-order valence-corrected chi connectivity index (χ1v) is 6.14. The Morgan fingerprint density at radius 1 is 1.19 bits per heavy atom. The van der Waals surface area contributed by atoms with Crippen LogP contribution in [0.5, 0.6) is 0 Å². The molecule has 0 aliphatic rings. The van der Waals surface area contributed by atoms with Crippen LogP contribution in [-0.4, -0.2) is 24.5 Å². The van der Waals surface area contributed by atoms with Crippen LogP contribution < -0.4 is 5.32 Å². The molecule has 0 radical (unpaired) electrons. The topological polar surface area (TPSA) is 15.3 Å². The van der Waals surface area contributed by atoms with E-state index in [9.17, 15) is 0 Å². The molecule has 16 heavy (non-hydrogen) atoms. The van der Waals surface area contributed by atoms with E-state index in [0.29, 0.717) is 6.04 Å². The zero-order valence-electron chi connectivity index (χ0n) is 11.0. The summed E-state index contributed by atoms with van der Waals surface area (Å²) < 4.78 is 0. The molecule has 1 aromatic rings. The summed E-state index contributed by atoms with van der Waals surface area (Å²) in [6.45, 7) is 9.83. The number of rotatable bonds is 6. The molecular weight excluding hydrogens is 196 g/mol. The molecule has 0 aliphatic heterocycles. The van der Waals surface area contributed by atoms with Crippen LogP contribution in [0, 0.1) is 0 Å². The van der Waals surface area contributed by atoms with Gasteiger partial charge in [-0.15, -0.1) is 0 Å². The van der Waals surface area contributed by atoms with E-state index in [2.05, 4.69) is 55.3 Å². The molecule has 0 aromatic heterocycles. The molecule has 0 saturated carbocycles. The van der Waals surface area contributed by atoms with Gasteiger partial charge in [0.2, 0.25) is 0 Å². The van der Waals surface area contributed by atoms with Crippen LogP contribution in [0.2, 0.25) is 0 Å². The lowest BCUT2D eigenvalue weighted by Gasteiger charge is -2.25. The Hall–Kier alpha value is -0.860. The molecule has 0 fully saturated rings. The Balaban J connectivity index is 2.78. The Kier molecular flexibility index (Phi) is 5.50. The second-order valence-electron chi connectivity index (χ2n) is 4.46. The van der Waals surface area contributed by atoms with Crippen LogP contribution in [0.3, 0.4) is 0 Å². The zero-order chi connectivity index (χ0) is 12.0. The van der Waals surface area contributed by atoms with Crippen LogP contribution in [0.15, 0.2) is 24.3 Å². The van der Waals surface area contributed by atoms with Gasteiger partial charge in [-0.1, -0.05) is 31.2 Å². The lowest BCUT2D eigenvalue weighted by atomic mass is 10.1. The Morgan fingerprint density at radius 3 is 2.31 bits per heavy atom. The highest BCUT2D eigenvalue weighted by atomic mass is 15.1. The molecule has 1 rings (SSSR count). The van der Waals surface area contributed by atoms with E-state index in [0.717, 1.165) is 19.6 Å². The normalized spacial score (nSPS) is 11.4. The summed E-state index contributed by atoms with van der Waals surface area (Å²) in [5, 5.41) is 3.23. The lowest BCUT2D eigenvalue weighted by molar-refractivity contribution is 0.224. The smallest absolute Gasteiger partial charge is 0.0239 e. The molecule has 1 N–H and O–H groups in total. The average molecular weight is 220 g/mol. The third-order valence-corrected chi connectivity index (χ3v) is 3.00. The molecule has 0 spiro atoms. The predicted octanol–water partition coefficient (Wildman–Crippen LogP) is 2.64. The van der Waals surface area contributed by atoms with Gasteiger partial charge >= 0.3 is 0 Å². The maximum absolute atomic E-state index is 3.23. The second-order valence-corrected chi connectivity index (χ2v) is 4.46. The van der Waals surface area contributed by atoms with Crippen LogP contribution in [0.4, 0.5) is 0 Å². The first kappa shape index (κ1) is 13.2. The maximum Gasteiger partial charge on any atom is 0.0239 e. The molecule has 0 unspecified atom stereocenters. The summed E-state index contributed by atoms with van der Waals surface area (Å²) in [5.41, 5.74) is 2.84. The Morgan fingerprint density at radius 2 is 1.81 bits per heavy atom. The average Bonchev–Trinajstić information content (AvgIpc) is 2.27. The van der Waals surface area contributed by atoms with Crippen molar-refractivity contribution in [1.29, 1.82) is 0 Å². The lowest BCUT2D eigenvalue weighted by Crippen LogP contribution is -2.30. The molecule has 0 aliphatic carbocycles. The minimum absolute atomic E-state index is 0.604. The Labute approximate surface area is 99.7 Å². The SMILES string of the molecule is CCN(Cc1ccccc1CNC)C(C)C. The second kappa shape index (κ2) is 6.66. The molecule has 0 saturated heterocycles. The van der Waals surface area contributed by atoms with Gasteiger partial charge in [0.15, 0.2) is 0 Å². The largest absolute Gasteiger partial charge is 0.316 e. The predicted molar refractivity (Wildman–Crippen MR) is 70.4 cm³/mol. The van der Waals surface area contributed by atoms with Crippen molar-refractivity contribution in [2.45, 2.75) is 39.9 Å². The van der Waals surface area contributed by atoms with Crippen molar-refractivity contribution in [1.82, 2.24) is 10.2 Å². The molecule has 0 atom stereocenters. The van der Waals surface area contributed by atoms with Gasteiger partial charge in [0.25, 0.3) is 0 Å². The molecule has 0 bridgehead atoms. The number of hydrogen-bond donors (Lipinski definition) is 1. The molecule has 0 heterocycles. The summed E-state index contributed by atoms with van der Waals surface area (Å²) in [6.07, 6.45) is 0. The van der Waals surface area contributed by atoms with Gasteiger partial charge in [0.1, 0.15) is 0 Å². The number of nitrogens with one attached hydrogen (secondary N) is 1. The van der Waals surface area contributed by atoms with Crippen molar-refractivity contribution in [3.8, 4) is 0 Å². The van der Waals surface area contributed by atoms with Crippen molar-refractivity contribution in [3.63, 3.8) is 0 Å². The van der Waals surface area contributed by atoms with E-state index in [1.54, 1.807) is 0 Å². The van der Waals surface area contributed by atoms with Crippen molar-refractivity contribution in [2.24, 2.45) is 0 Å². The van der Waals surface area contributed by atoms with E-state index >= 15 is 0 Å². The highest BCUT2D eigenvalue weighted by molar-refractivity contribution is 5.27. The van der Waals surface area contributed by atoms with Gasteiger partial charge in [-0.25, -0.2) is 0 Å². The molecule has 2 nitrogen and oxygen atoms in total. The minimum Gasteiger partial charge on any atom is -0.316 e. The first-order valence-electron chi connectivity index (χ1n) is 6.14. The number of hydrogen-bond acceptors (Lipinski definition) is 2. The van der Waals surface area contributed by atoms with Gasteiger partial charge in [-0.05, 0) is 38.6 Å². The van der Waals surface area contributed by atoms with Gasteiger partial charge in [0, 0.05) is 19.1 Å². The van der Waals surface area contributed by atoms with Crippen LogP contribution in [0.1, 0.15) is 31.9 Å². The summed E-state index contributed by atoms with van der Waals surface area (Å²) in [5.74, 6) is 0. The summed E-state index contributed by atoms with van der Waals surface area (Å²) in [7, 11) is 2.00. The monoisotopic (exact) mass is 220 g/mol. The van der Waals surface area contributed by atoms with E-state index in [1.807, 2.05) is 7.05 Å². The van der Waals surface area contributed by atoms with Gasteiger partial charge < -0.3 is 5.32 Å². The summed E-state index contributed by atoms with van der Waals surface area (Å²) in [6, 6.07) is 9.29. The number of benzene rings is 1. The van der Waals surface area contributed by atoms with Crippen molar-refractivity contribution >= 4 is 0 Å². The Bertz CT molecular complexity index is 307. The van der Waals surface area contributed by atoms with Gasteiger partial charge in [-0.3, -0.25) is 4.90 Å². The third kappa shape index (κ3) is 3.62. The third-order valence-electron chi connectivity index (χ3n) is 3.00. The quantitative estimate of drug-likeness (QED) is 0.793. The summed E-state index contributed by atoms with van der Waals surface area (Å²) >= 11 is 0. The van der Waals surface area contributed by atoms with Gasteiger partial charge in [-0.2, -0.15) is 0 Å². The van der Waals surface area contributed by atoms with Crippen molar-refractivity contribution in [2.75, 3.05) is 13.6 Å². The van der Waals surface area contributed by atoms with Crippen LogP contribution in [0.25, 0.3) is 0 Å². The fourth-order valence-corrected chi connectivity index (χ4v) is 1.95. The zero-order valence-corrected chi connectivity index (χ0v) is 11.0. The van der Waals surface area contributed by atoms with E-state index < -0.39 is 0 Å². The highest BCUT2D eigenvalue weighted by Gasteiger charge is 2.09. The van der Waals surface area contributed by atoms with Crippen molar-refractivity contribution < 1.29 is 0 Å².